The summed E-state index contributed by atoms with van der Waals surface area (Å²) in [5.74, 6) is 0. The van der Waals surface area contributed by atoms with E-state index in [9.17, 15) is 18.0 Å². The topological polar surface area (TPSA) is 32.3 Å². The van der Waals surface area contributed by atoms with Crippen molar-refractivity contribution in [3.05, 3.63) is 64.6 Å². The van der Waals surface area contributed by atoms with E-state index in [1.807, 2.05) is 13.8 Å². The molecule has 1 saturated heterocycles. The van der Waals surface area contributed by atoms with E-state index in [2.05, 4.69) is 21.2 Å². The van der Waals surface area contributed by atoms with Gasteiger partial charge in [-0.05, 0) is 41.7 Å². The highest BCUT2D eigenvalue weighted by molar-refractivity contribution is 9.10. The Kier molecular flexibility index (Phi) is 5.49. The van der Waals surface area contributed by atoms with Gasteiger partial charge in [-0.25, -0.2) is 4.79 Å². The number of nitrogens with zero attached hydrogens (tertiary/aromatic N) is 1. The fourth-order valence-corrected chi connectivity index (χ4v) is 4.37. The summed E-state index contributed by atoms with van der Waals surface area (Å²) in [6.45, 7) is 4.03. The van der Waals surface area contributed by atoms with Gasteiger partial charge in [-0.15, -0.1) is 0 Å². The molecule has 0 aliphatic carbocycles. The zero-order valence-corrected chi connectivity index (χ0v) is 17.3. The lowest BCUT2D eigenvalue weighted by Gasteiger charge is -2.39. The van der Waals surface area contributed by atoms with Crippen LogP contribution in [0.1, 0.15) is 32.3 Å². The Morgan fingerprint density at radius 2 is 1.71 bits per heavy atom. The average molecular weight is 455 g/mol. The van der Waals surface area contributed by atoms with Crippen LogP contribution in [0.3, 0.4) is 0 Å². The number of alkyl halides is 3. The first-order chi connectivity index (χ1) is 13.0. The molecule has 2 amide bonds. The van der Waals surface area contributed by atoms with E-state index in [0.29, 0.717) is 11.3 Å². The smallest absolute Gasteiger partial charge is 0.314 e. The molecule has 2 aromatic carbocycles. The molecule has 28 heavy (non-hydrogen) atoms. The molecule has 1 atom stereocenters. The van der Waals surface area contributed by atoms with Gasteiger partial charge in [0.25, 0.3) is 0 Å². The molecule has 7 heteroatoms. The molecule has 150 valence electrons. The predicted molar refractivity (Wildman–Crippen MR) is 107 cm³/mol. The standard InChI is InChI=1S/C21H22BrF3N2O/c1-19(2)12-20(13-21(23,24)25,15-6-4-3-5-7-15)27(14-19)18(28)26-17-10-8-16(22)9-11-17/h3-11H,12-14H2,1-2H3,(H,26,28)/t20-/m1/s1. The lowest BCUT2D eigenvalue weighted by molar-refractivity contribution is -0.158. The number of benzene rings is 2. The van der Waals surface area contributed by atoms with Crippen molar-refractivity contribution in [3.63, 3.8) is 0 Å². The highest BCUT2D eigenvalue weighted by atomic mass is 79.9. The summed E-state index contributed by atoms with van der Waals surface area (Å²) in [4.78, 5) is 14.5. The van der Waals surface area contributed by atoms with Gasteiger partial charge >= 0.3 is 12.2 Å². The number of nitrogens with one attached hydrogen (secondary N) is 1. The van der Waals surface area contributed by atoms with E-state index >= 15 is 0 Å². The van der Waals surface area contributed by atoms with E-state index in [-0.39, 0.29) is 13.0 Å². The Balaban J connectivity index is 2.02. The number of likely N-dealkylation sites (tertiary alicyclic amines) is 1. The van der Waals surface area contributed by atoms with E-state index < -0.39 is 29.6 Å². The molecule has 0 saturated carbocycles. The fourth-order valence-electron chi connectivity index (χ4n) is 4.11. The first-order valence-corrected chi connectivity index (χ1v) is 9.77. The average Bonchev–Trinajstić information content (AvgIpc) is 2.88. The van der Waals surface area contributed by atoms with Crippen LogP contribution < -0.4 is 5.32 Å². The van der Waals surface area contributed by atoms with Gasteiger partial charge in [-0.1, -0.05) is 60.1 Å². The second-order valence-electron chi connectivity index (χ2n) is 8.05. The Morgan fingerprint density at radius 1 is 1.11 bits per heavy atom. The van der Waals surface area contributed by atoms with E-state index in [0.717, 1.165) is 4.47 Å². The summed E-state index contributed by atoms with van der Waals surface area (Å²) in [7, 11) is 0. The van der Waals surface area contributed by atoms with Gasteiger partial charge in [-0.3, -0.25) is 0 Å². The number of hydrogen-bond acceptors (Lipinski definition) is 1. The lowest BCUT2D eigenvalue weighted by atomic mass is 9.77. The molecular formula is C21H22BrF3N2O. The van der Waals surface area contributed by atoms with Crippen LogP contribution in [0.5, 0.6) is 0 Å². The van der Waals surface area contributed by atoms with E-state index in [4.69, 9.17) is 0 Å². The minimum Gasteiger partial charge on any atom is -0.314 e. The highest BCUT2D eigenvalue weighted by Crippen LogP contribution is 2.52. The first-order valence-electron chi connectivity index (χ1n) is 8.97. The van der Waals surface area contributed by atoms with Crippen molar-refractivity contribution in [1.82, 2.24) is 4.90 Å². The first kappa shape index (κ1) is 20.7. The van der Waals surface area contributed by atoms with Crippen LogP contribution in [0.15, 0.2) is 59.1 Å². The molecule has 1 fully saturated rings. The second-order valence-corrected chi connectivity index (χ2v) is 8.97. The summed E-state index contributed by atoms with van der Waals surface area (Å²) < 4.78 is 41.8. The normalized spacial score (nSPS) is 21.6. The number of carbonyl (C=O) groups is 1. The Labute approximate surface area is 171 Å². The van der Waals surface area contributed by atoms with Gasteiger partial charge < -0.3 is 10.2 Å². The van der Waals surface area contributed by atoms with Crippen molar-refractivity contribution >= 4 is 27.6 Å². The van der Waals surface area contributed by atoms with Crippen molar-refractivity contribution in [2.45, 2.75) is 38.4 Å². The molecule has 1 aliphatic heterocycles. The van der Waals surface area contributed by atoms with E-state index in [1.54, 1.807) is 54.6 Å². The molecule has 0 bridgehead atoms. The van der Waals surface area contributed by atoms with Crippen LogP contribution in [-0.4, -0.2) is 23.7 Å². The maximum Gasteiger partial charge on any atom is 0.391 e. The minimum absolute atomic E-state index is 0.233. The summed E-state index contributed by atoms with van der Waals surface area (Å²) in [5.41, 5.74) is -0.851. The highest BCUT2D eigenvalue weighted by Gasteiger charge is 2.56. The largest absolute Gasteiger partial charge is 0.391 e. The Bertz CT molecular complexity index is 837. The lowest BCUT2D eigenvalue weighted by Crippen LogP contribution is -2.49. The maximum atomic E-state index is 13.6. The summed E-state index contributed by atoms with van der Waals surface area (Å²) >= 11 is 3.33. The van der Waals surface area contributed by atoms with Crippen LogP contribution in [0.2, 0.25) is 0 Å². The van der Waals surface area contributed by atoms with Crippen molar-refractivity contribution in [1.29, 1.82) is 0 Å². The van der Waals surface area contributed by atoms with Gasteiger partial charge in [0, 0.05) is 16.7 Å². The third-order valence-electron chi connectivity index (χ3n) is 5.02. The summed E-state index contributed by atoms with van der Waals surface area (Å²) in [5, 5.41) is 2.76. The van der Waals surface area contributed by atoms with Gasteiger partial charge in [0.05, 0.1) is 12.0 Å². The molecule has 1 aliphatic rings. The number of urea groups is 1. The van der Waals surface area contributed by atoms with Crippen molar-refractivity contribution in [3.8, 4) is 0 Å². The van der Waals surface area contributed by atoms with Crippen molar-refractivity contribution in [2.75, 3.05) is 11.9 Å². The minimum atomic E-state index is -4.41. The zero-order valence-electron chi connectivity index (χ0n) is 15.7. The van der Waals surface area contributed by atoms with Crippen molar-refractivity contribution in [2.24, 2.45) is 5.41 Å². The van der Waals surface area contributed by atoms with Crippen LogP contribution in [0, 0.1) is 5.41 Å². The van der Waals surface area contributed by atoms with Gasteiger partial charge in [-0.2, -0.15) is 13.2 Å². The second kappa shape index (κ2) is 7.43. The van der Waals surface area contributed by atoms with Crippen LogP contribution >= 0.6 is 15.9 Å². The third-order valence-corrected chi connectivity index (χ3v) is 5.55. The summed E-state index contributed by atoms with van der Waals surface area (Å²) in [6.07, 6.45) is -5.26. The zero-order chi connectivity index (χ0) is 20.6. The number of anilines is 1. The maximum absolute atomic E-state index is 13.6. The van der Waals surface area contributed by atoms with Gasteiger partial charge in [0.1, 0.15) is 0 Å². The molecule has 0 radical (unpaired) electrons. The molecule has 1 N–H and O–H groups in total. The molecule has 1 heterocycles. The molecule has 0 aromatic heterocycles. The SMILES string of the molecule is CC1(C)CN(C(=O)Nc2ccc(Br)cc2)[C@](CC(F)(F)F)(c2ccccc2)C1. The number of carbonyl (C=O) groups excluding carboxylic acids is 1. The monoisotopic (exact) mass is 454 g/mol. The Morgan fingerprint density at radius 3 is 2.29 bits per heavy atom. The summed E-state index contributed by atoms with van der Waals surface area (Å²) in [6, 6.07) is 15.0. The molecule has 0 spiro atoms. The van der Waals surface area contributed by atoms with E-state index in [1.165, 1.54) is 4.90 Å². The van der Waals surface area contributed by atoms with Crippen LogP contribution in [0.4, 0.5) is 23.7 Å². The van der Waals surface area contributed by atoms with Crippen LogP contribution in [-0.2, 0) is 5.54 Å². The van der Waals surface area contributed by atoms with Gasteiger partial charge in [0.15, 0.2) is 0 Å². The van der Waals surface area contributed by atoms with Crippen molar-refractivity contribution < 1.29 is 18.0 Å². The quantitative estimate of drug-likeness (QED) is 0.559. The third kappa shape index (κ3) is 4.51. The number of rotatable bonds is 3. The van der Waals surface area contributed by atoms with Crippen LogP contribution in [0.25, 0.3) is 0 Å². The number of halogens is 4. The molecule has 3 rings (SSSR count). The molecule has 2 aromatic rings. The molecule has 0 unspecified atom stereocenters. The molecule has 3 nitrogen and oxygen atoms in total. The Hall–Kier alpha value is -2.02. The number of amides is 2. The predicted octanol–water partition coefficient (Wildman–Crippen LogP) is 6.56. The fraction of sp³-hybridized carbons (Fsp3) is 0.381. The number of hydrogen-bond donors (Lipinski definition) is 1. The van der Waals surface area contributed by atoms with Gasteiger partial charge in [0.2, 0.25) is 0 Å². The molecular weight excluding hydrogens is 433 g/mol.